The number of carbonyl (C=O) groups is 2. The van der Waals surface area contributed by atoms with Gasteiger partial charge < -0.3 is 19.1 Å². The van der Waals surface area contributed by atoms with Crippen molar-refractivity contribution in [3.05, 3.63) is 23.3 Å². The predicted molar refractivity (Wildman–Crippen MR) is 113 cm³/mol. The first-order chi connectivity index (χ1) is 14.7. The highest BCUT2D eigenvalue weighted by Gasteiger charge is 2.76. The average molecular weight is 427 g/mol. The number of benzene rings is 1. The number of likely N-dealkylation sites (N-methyl/N-ethyl adjacent to an activating group) is 1. The van der Waals surface area contributed by atoms with E-state index in [1.54, 1.807) is 13.8 Å². The molecule has 5 atom stereocenters. The lowest BCUT2D eigenvalue weighted by molar-refractivity contribution is -0.950. The van der Waals surface area contributed by atoms with Crippen LogP contribution in [0.15, 0.2) is 12.1 Å². The van der Waals surface area contributed by atoms with Crippen molar-refractivity contribution in [3.8, 4) is 11.5 Å². The van der Waals surface area contributed by atoms with E-state index in [1.807, 2.05) is 12.1 Å². The van der Waals surface area contributed by atoms with Crippen molar-refractivity contribution in [2.75, 3.05) is 20.1 Å². The van der Waals surface area contributed by atoms with Gasteiger partial charge in [0.15, 0.2) is 23.4 Å². The molecule has 6 nitrogen and oxygen atoms in total. The third kappa shape index (κ3) is 2.41. The molecule has 0 amide bonds. The lowest BCUT2D eigenvalue weighted by atomic mass is 9.48. The van der Waals surface area contributed by atoms with Crippen LogP contribution in [0.3, 0.4) is 0 Å². The van der Waals surface area contributed by atoms with Gasteiger partial charge >= 0.3 is 5.97 Å². The van der Waals surface area contributed by atoms with Gasteiger partial charge in [0, 0.05) is 30.7 Å². The fourth-order valence-electron chi connectivity index (χ4n) is 7.23. The lowest BCUT2D eigenvalue weighted by Crippen LogP contribution is -2.80. The Morgan fingerprint density at radius 3 is 2.81 bits per heavy atom. The summed E-state index contributed by atoms with van der Waals surface area (Å²) in [5, 5.41) is 12.4. The number of likely N-dealkylation sites (tertiary alicyclic amines) is 1. The Kier molecular flexibility index (Phi) is 3.89. The summed E-state index contributed by atoms with van der Waals surface area (Å²) in [6, 6.07) is 3.91. The number of hydrogen-bond acceptors (Lipinski definition) is 5. The molecule has 6 rings (SSSR count). The van der Waals surface area contributed by atoms with Crippen molar-refractivity contribution in [3.63, 3.8) is 0 Å². The van der Waals surface area contributed by atoms with Gasteiger partial charge in [-0.2, -0.15) is 0 Å². The molecule has 1 saturated heterocycles. The molecule has 1 N–H and O–H groups in total. The number of nitrogens with zero attached hydrogens (tertiary/aromatic N) is 1. The number of carbonyl (C=O) groups excluding carboxylic acids is 2. The minimum absolute atomic E-state index is 0.0589. The minimum atomic E-state index is -0.980. The lowest BCUT2D eigenvalue weighted by Gasteiger charge is -2.64. The van der Waals surface area contributed by atoms with Crippen LogP contribution in [0.2, 0.25) is 0 Å². The van der Waals surface area contributed by atoms with E-state index >= 15 is 0 Å². The van der Waals surface area contributed by atoms with Gasteiger partial charge in [0.05, 0.1) is 31.5 Å². The van der Waals surface area contributed by atoms with Crippen LogP contribution in [-0.4, -0.2) is 59.2 Å². The van der Waals surface area contributed by atoms with Gasteiger partial charge in [-0.05, 0) is 30.9 Å². The Labute approximate surface area is 183 Å². The third-order valence-corrected chi connectivity index (χ3v) is 8.94. The van der Waals surface area contributed by atoms with Gasteiger partial charge in [0.2, 0.25) is 0 Å². The molecule has 1 spiro atoms. The first-order valence-corrected chi connectivity index (χ1v) is 11.8. The normalized spacial score (nSPS) is 39.8. The number of quaternary nitrogens is 1. The molecule has 166 valence electrons. The molecule has 31 heavy (non-hydrogen) atoms. The Hall–Kier alpha value is -1.92. The topological polar surface area (TPSA) is 72.8 Å². The van der Waals surface area contributed by atoms with Gasteiger partial charge in [0.25, 0.3) is 0 Å². The van der Waals surface area contributed by atoms with Crippen LogP contribution in [0, 0.1) is 11.8 Å². The van der Waals surface area contributed by atoms with Crippen LogP contribution in [0.5, 0.6) is 11.5 Å². The van der Waals surface area contributed by atoms with Gasteiger partial charge in [-0.15, -0.1) is 0 Å². The van der Waals surface area contributed by atoms with Crippen molar-refractivity contribution in [2.24, 2.45) is 11.8 Å². The number of esters is 1. The molecular weight excluding hydrogens is 394 g/mol. The molecule has 2 bridgehead atoms. The Morgan fingerprint density at radius 1 is 1.32 bits per heavy atom. The first-order valence-electron chi connectivity index (χ1n) is 11.8. The molecule has 1 aromatic carbocycles. The summed E-state index contributed by atoms with van der Waals surface area (Å²) in [5.74, 6) is 1.14. The molecule has 0 radical (unpaired) electrons. The SMILES string of the molecule is CC(C)C(=O)Oc1ccc2c3c1O[C@H]1C(=O)CC[C@@]4(O)[C@@H](C2)[N@@+](C)(CC2CC2)CC[C@]314. The fraction of sp³-hybridized carbons (Fsp3) is 0.680. The zero-order valence-corrected chi connectivity index (χ0v) is 18.6. The zero-order chi connectivity index (χ0) is 21.8. The highest BCUT2D eigenvalue weighted by Crippen LogP contribution is 2.66. The van der Waals surface area contributed by atoms with Gasteiger partial charge in [0.1, 0.15) is 11.6 Å². The fourth-order valence-corrected chi connectivity index (χ4v) is 7.23. The number of hydrogen-bond donors (Lipinski definition) is 1. The second-order valence-electron chi connectivity index (χ2n) is 11.2. The van der Waals surface area contributed by atoms with E-state index in [-0.39, 0.29) is 23.7 Å². The summed E-state index contributed by atoms with van der Waals surface area (Å²) in [4.78, 5) is 25.4. The van der Waals surface area contributed by atoms with Crippen molar-refractivity contribution >= 4 is 11.8 Å². The van der Waals surface area contributed by atoms with E-state index in [0.717, 1.165) is 47.5 Å². The summed E-state index contributed by atoms with van der Waals surface area (Å²) in [5.41, 5.74) is 0.381. The second kappa shape index (κ2) is 6.10. The summed E-state index contributed by atoms with van der Waals surface area (Å²) < 4.78 is 12.9. The summed E-state index contributed by atoms with van der Waals surface area (Å²) in [6.07, 6.45) is 4.22. The summed E-state index contributed by atoms with van der Waals surface area (Å²) >= 11 is 0. The summed E-state index contributed by atoms with van der Waals surface area (Å²) in [6.45, 7) is 5.64. The second-order valence-corrected chi connectivity index (χ2v) is 11.2. The average Bonchev–Trinajstić information content (AvgIpc) is 3.44. The first kappa shape index (κ1) is 19.7. The van der Waals surface area contributed by atoms with Crippen molar-refractivity contribution in [1.29, 1.82) is 0 Å². The Bertz CT molecular complexity index is 1000. The number of piperidine rings is 1. The quantitative estimate of drug-likeness (QED) is 0.455. The number of rotatable bonds is 4. The van der Waals surface area contributed by atoms with Gasteiger partial charge in [-0.1, -0.05) is 19.9 Å². The maximum absolute atomic E-state index is 13.1. The van der Waals surface area contributed by atoms with Crippen LogP contribution >= 0.6 is 0 Å². The predicted octanol–water partition coefficient (Wildman–Crippen LogP) is 2.53. The smallest absolute Gasteiger partial charge is 0.313 e. The maximum atomic E-state index is 13.1. The highest BCUT2D eigenvalue weighted by atomic mass is 16.6. The standard InChI is InChI=1S/C25H32NO5/c1-14(2)23(28)30-18-7-6-16-12-19-25(29)9-8-17(27)22-24(25,20(16)21(18)31-22)10-11-26(19,3)13-15-4-5-15/h6-7,14-15,19,22,29H,4-5,8-13H2,1-3H3/q+1/t19-,22+,24+,25-,26-/m1/s1. The Balaban J connectivity index is 1.52. The molecule has 2 aliphatic heterocycles. The van der Waals surface area contributed by atoms with Crippen LogP contribution in [-0.2, 0) is 21.4 Å². The highest BCUT2D eigenvalue weighted by molar-refractivity contribution is 5.90. The van der Waals surface area contributed by atoms with Crippen molar-refractivity contribution < 1.29 is 28.7 Å². The maximum Gasteiger partial charge on any atom is 0.313 e. The molecule has 2 heterocycles. The number of Topliss-reactive ketones (excluding diaryl/α,β-unsaturated/α-hetero) is 1. The number of aliphatic hydroxyl groups is 1. The van der Waals surface area contributed by atoms with E-state index in [0.29, 0.717) is 24.3 Å². The van der Waals surface area contributed by atoms with Crippen LogP contribution in [0.25, 0.3) is 0 Å². The molecular formula is C25H32NO5+. The van der Waals surface area contributed by atoms with E-state index in [2.05, 4.69) is 7.05 Å². The molecule has 5 aliphatic rings. The van der Waals surface area contributed by atoms with Gasteiger partial charge in [-0.3, -0.25) is 9.59 Å². The van der Waals surface area contributed by atoms with Crippen LogP contribution in [0.1, 0.15) is 57.1 Å². The van der Waals surface area contributed by atoms with E-state index < -0.39 is 17.1 Å². The minimum Gasteiger partial charge on any atom is -0.477 e. The summed E-state index contributed by atoms with van der Waals surface area (Å²) in [7, 11) is 2.31. The molecule has 0 unspecified atom stereocenters. The number of ketones is 1. The monoisotopic (exact) mass is 426 g/mol. The number of ether oxygens (including phenoxy) is 2. The molecule has 2 saturated carbocycles. The largest absolute Gasteiger partial charge is 0.477 e. The van der Waals surface area contributed by atoms with E-state index in [9.17, 15) is 14.7 Å². The molecule has 6 heteroatoms. The van der Waals surface area contributed by atoms with Crippen LogP contribution < -0.4 is 9.47 Å². The van der Waals surface area contributed by atoms with Crippen LogP contribution in [0.4, 0.5) is 0 Å². The zero-order valence-electron chi connectivity index (χ0n) is 18.6. The Morgan fingerprint density at radius 2 is 2.10 bits per heavy atom. The van der Waals surface area contributed by atoms with E-state index in [4.69, 9.17) is 9.47 Å². The van der Waals surface area contributed by atoms with Crippen molar-refractivity contribution in [2.45, 2.75) is 75.5 Å². The molecule has 0 aromatic heterocycles. The molecule has 3 aliphatic carbocycles. The van der Waals surface area contributed by atoms with E-state index in [1.165, 1.54) is 12.8 Å². The van der Waals surface area contributed by atoms with Gasteiger partial charge in [-0.25, -0.2) is 0 Å². The third-order valence-electron chi connectivity index (χ3n) is 8.94. The molecule has 3 fully saturated rings. The van der Waals surface area contributed by atoms with Crippen molar-refractivity contribution in [1.82, 2.24) is 0 Å². The molecule has 1 aromatic rings.